The van der Waals surface area contributed by atoms with E-state index in [4.69, 9.17) is 0 Å². The number of carbonyl (C=O) groups is 1. The standard InChI is InChI=1S/C4H9NO.C3H8.C2H6/c1-3-4(6)5-2;1-3-2;1-2/h3H2,1-2H3,(H,5,6);3H2,1-2H3;1-2H3. The first-order valence-electron chi connectivity index (χ1n) is 4.43. The molecule has 0 aromatic heterocycles. The predicted octanol–water partition coefficient (Wildman–Crippen LogP) is 2.58. The fourth-order valence-corrected chi connectivity index (χ4v) is 0.177. The number of amides is 1. The maximum Gasteiger partial charge on any atom is 0.219 e. The minimum absolute atomic E-state index is 0.0926. The van der Waals surface area contributed by atoms with Crippen molar-refractivity contribution in [3.8, 4) is 0 Å². The van der Waals surface area contributed by atoms with Crippen molar-refractivity contribution in [3.63, 3.8) is 0 Å². The van der Waals surface area contributed by atoms with E-state index in [2.05, 4.69) is 19.2 Å². The molecule has 0 fully saturated rings. The third-order valence-corrected chi connectivity index (χ3v) is 0.600. The highest BCUT2D eigenvalue weighted by molar-refractivity contribution is 5.74. The molecule has 1 amide bonds. The van der Waals surface area contributed by atoms with Gasteiger partial charge in [-0.2, -0.15) is 0 Å². The van der Waals surface area contributed by atoms with Gasteiger partial charge in [-0.3, -0.25) is 4.79 Å². The summed E-state index contributed by atoms with van der Waals surface area (Å²) in [6, 6.07) is 0. The molecule has 0 heterocycles. The van der Waals surface area contributed by atoms with Crippen LogP contribution in [0.15, 0.2) is 0 Å². The zero-order chi connectivity index (χ0) is 9.70. The molecule has 0 aliphatic heterocycles. The number of hydrogen-bond donors (Lipinski definition) is 1. The van der Waals surface area contributed by atoms with Crippen LogP contribution in [-0.2, 0) is 4.79 Å². The van der Waals surface area contributed by atoms with E-state index in [1.807, 2.05) is 20.8 Å². The lowest BCUT2D eigenvalue weighted by atomic mass is 10.5. The average Bonchev–Trinajstić information content (AvgIpc) is 2.08. The molecular formula is C9H23NO. The Morgan fingerprint density at radius 2 is 1.45 bits per heavy atom. The monoisotopic (exact) mass is 161 g/mol. The van der Waals surface area contributed by atoms with E-state index in [1.54, 1.807) is 7.05 Å². The Morgan fingerprint density at radius 3 is 1.45 bits per heavy atom. The first-order valence-corrected chi connectivity index (χ1v) is 4.43. The van der Waals surface area contributed by atoms with Crippen molar-refractivity contribution in [2.75, 3.05) is 7.05 Å². The van der Waals surface area contributed by atoms with E-state index in [0.29, 0.717) is 6.42 Å². The van der Waals surface area contributed by atoms with E-state index < -0.39 is 0 Å². The third-order valence-electron chi connectivity index (χ3n) is 0.600. The summed E-state index contributed by atoms with van der Waals surface area (Å²) in [4.78, 5) is 10.1. The molecule has 0 radical (unpaired) electrons. The predicted molar refractivity (Wildman–Crippen MR) is 51.7 cm³/mol. The number of rotatable bonds is 1. The van der Waals surface area contributed by atoms with Gasteiger partial charge in [0, 0.05) is 13.5 Å². The van der Waals surface area contributed by atoms with Crippen molar-refractivity contribution in [2.24, 2.45) is 0 Å². The van der Waals surface area contributed by atoms with Gasteiger partial charge in [-0.05, 0) is 0 Å². The Kier molecular flexibility index (Phi) is 34.7. The maximum atomic E-state index is 10.1. The Morgan fingerprint density at radius 1 is 1.18 bits per heavy atom. The molecule has 0 unspecified atom stereocenters. The summed E-state index contributed by atoms with van der Waals surface area (Å²) in [5, 5.41) is 2.48. The van der Waals surface area contributed by atoms with Crippen LogP contribution in [0.1, 0.15) is 47.5 Å². The van der Waals surface area contributed by atoms with Crippen LogP contribution in [0.3, 0.4) is 0 Å². The minimum atomic E-state index is 0.0926. The molecule has 2 heteroatoms. The maximum absolute atomic E-state index is 10.1. The van der Waals surface area contributed by atoms with Gasteiger partial charge in [-0.1, -0.05) is 41.0 Å². The van der Waals surface area contributed by atoms with E-state index in [1.165, 1.54) is 6.42 Å². The Hall–Kier alpha value is -0.530. The lowest BCUT2D eigenvalue weighted by molar-refractivity contribution is -0.120. The molecule has 0 saturated carbocycles. The van der Waals surface area contributed by atoms with Crippen molar-refractivity contribution in [3.05, 3.63) is 0 Å². The van der Waals surface area contributed by atoms with Crippen molar-refractivity contribution >= 4 is 5.91 Å². The van der Waals surface area contributed by atoms with E-state index in [-0.39, 0.29) is 5.91 Å². The van der Waals surface area contributed by atoms with Gasteiger partial charge in [0.05, 0.1) is 0 Å². The smallest absolute Gasteiger partial charge is 0.219 e. The van der Waals surface area contributed by atoms with Crippen molar-refractivity contribution < 1.29 is 4.79 Å². The highest BCUT2D eigenvalue weighted by Gasteiger charge is 1.84. The Bertz CT molecular complexity index is 56.6. The zero-order valence-corrected chi connectivity index (χ0v) is 8.82. The average molecular weight is 161 g/mol. The van der Waals surface area contributed by atoms with Gasteiger partial charge in [0.25, 0.3) is 0 Å². The first-order chi connectivity index (χ1) is 5.22. The molecule has 0 aromatic rings. The Labute approximate surface area is 71.4 Å². The number of carbonyl (C=O) groups excluding carboxylic acids is 1. The van der Waals surface area contributed by atoms with E-state index >= 15 is 0 Å². The largest absolute Gasteiger partial charge is 0.359 e. The second-order valence-corrected chi connectivity index (χ2v) is 1.73. The number of hydrogen-bond acceptors (Lipinski definition) is 1. The summed E-state index contributed by atoms with van der Waals surface area (Å²) < 4.78 is 0. The summed E-state index contributed by atoms with van der Waals surface area (Å²) in [6.45, 7) is 10.1. The van der Waals surface area contributed by atoms with Crippen LogP contribution in [0.25, 0.3) is 0 Å². The van der Waals surface area contributed by atoms with Crippen LogP contribution >= 0.6 is 0 Å². The molecule has 70 valence electrons. The van der Waals surface area contributed by atoms with Gasteiger partial charge in [-0.25, -0.2) is 0 Å². The fourth-order valence-electron chi connectivity index (χ4n) is 0.177. The highest BCUT2D eigenvalue weighted by atomic mass is 16.1. The summed E-state index contributed by atoms with van der Waals surface area (Å²) in [5.74, 6) is 0.0926. The fraction of sp³-hybridized carbons (Fsp3) is 0.889. The lowest BCUT2D eigenvalue weighted by Gasteiger charge is -1.87. The molecule has 11 heavy (non-hydrogen) atoms. The van der Waals surface area contributed by atoms with Crippen LogP contribution in [0.2, 0.25) is 0 Å². The molecule has 0 atom stereocenters. The summed E-state index contributed by atoms with van der Waals surface area (Å²) in [5.41, 5.74) is 0. The molecular weight excluding hydrogens is 138 g/mol. The van der Waals surface area contributed by atoms with Gasteiger partial charge < -0.3 is 5.32 Å². The molecule has 0 aromatic carbocycles. The van der Waals surface area contributed by atoms with Gasteiger partial charge in [0.15, 0.2) is 0 Å². The summed E-state index contributed by atoms with van der Waals surface area (Å²) in [7, 11) is 1.63. The van der Waals surface area contributed by atoms with Crippen LogP contribution in [-0.4, -0.2) is 13.0 Å². The van der Waals surface area contributed by atoms with Gasteiger partial charge in [0.2, 0.25) is 5.91 Å². The van der Waals surface area contributed by atoms with Crippen LogP contribution in [0.5, 0.6) is 0 Å². The van der Waals surface area contributed by atoms with Crippen LogP contribution in [0.4, 0.5) is 0 Å². The van der Waals surface area contributed by atoms with Gasteiger partial charge >= 0.3 is 0 Å². The SMILES string of the molecule is CC.CCC.CCC(=O)NC. The molecule has 0 aliphatic rings. The van der Waals surface area contributed by atoms with Crippen molar-refractivity contribution in [1.82, 2.24) is 5.32 Å². The quantitative estimate of drug-likeness (QED) is 0.629. The first kappa shape index (κ1) is 16.8. The third kappa shape index (κ3) is 43.9. The lowest BCUT2D eigenvalue weighted by Crippen LogP contribution is -2.15. The molecule has 0 spiro atoms. The van der Waals surface area contributed by atoms with Crippen LogP contribution in [0, 0.1) is 0 Å². The Balaban J connectivity index is -0.000000109. The summed E-state index contributed by atoms with van der Waals surface area (Å²) in [6.07, 6.45) is 1.83. The second-order valence-electron chi connectivity index (χ2n) is 1.73. The molecule has 0 aliphatic carbocycles. The molecule has 2 nitrogen and oxygen atoms in total. The topological polar surface area (TPSA) is 29.1 Å². The molecule has 0 bridgehead atoms. The minimum Gasteiger partial charge on any atom is -0.359 e. The van der Waals surface area contributed by atoms with Crippen LogP contribution < -0.4 is 5.32 Å². The van der Waals surface area contributed by atoms with E-state index in [9.17, 15) is 4.79 Å². The highest BCUT2D eigenvalue weighted by Crippen LogP contribution is 1.68. The van der Waals surface area contributed by atoms with Gasteiger partial charge in [0.1, 0.15) is 0 Å². The summed E-state index contributed by atoms with van der Waals surface area (Å²) >= 11 is 0. The van der Waals surface area contributed by atoms with E-state index in [0.717, 1.165) is 0 Å². The van der Waals surface area contributed by atoms with Crippen molar-refractivity contribution in [1.29, 1.82) is 0 Å². The van der Waals surface area contributed by atoms with Gasteiger partial charge in [-0.15, -0.1) is 0 Å². The molecule has 1 N–H and O–H groups in total. The zero-order valence-electron chi connectivity index (χ0n) is 8.82. The second kappa shape index (κ2) is 22.7. The normalized spacial score (nSPS) is 6.36. The molecule has 0 saturated heterocycles. The number of nitrogens with one attached hydrogen (secondary N) is 1. The molecule has 0 rings (SSSR count). The van der Waals surface area contributed by atoms with Crippen molar-refractivity contribution in [2.45, 2.75) is 47.5 Å².